The minimum atomic E-state index is -0.196. The fourth-order valence-corrected chi connectivity index (χ4v) is 6.55. The van der Waals surface area contributed by atoms with Gasteiger partial charge in [0.1, 0.15) is 0 Å². The van der Waals surface area contributed by atoms with Crippen LogP contribution in [0.25, 0.3) is 39.3 Å². The lowest BCUT2D eigenvalue weighted by molar-refractivity contribution is 0.116. The van der Waals surface area contributed by atoms with E-state index in [1.54, 1.807) is 24.9 Å². The summed E-state index contributed by atoms with van der Waals surface area (Å²) in [6.45, 7) is 5.36. The summed E-state index contributed by atoms with van der Waals surface area (Å²) in [6.07, 6.45) is 6.86. The zero-order chi connectivity index (χ0) is 33.1. The van der Waals surface area contributed by atoms with Crippen LogP contribution in [-0.2, 0) is 13.1 Å². The first-order chi connectivity index (χ1) is 22.7. The Morgan fingerprint density at radius 1 is 0.936 bits per heavy atom. The lowest BCUT2D eigenvalue weighted by Gasteiger charge is -2.25. The van der Waals surface area contributed by atoms with E-state index in [1.807, 2.05) is 48.7 Å². The molecule has 1 aliphatic rings. The van der Waals surface area contributed by atoms with Crippen molar-refractivity contribution in [2.45, 2.75) is 70.8 Å². The second-order valence-electron chi connectivity index (χ2n) is 12.1. The normalized spacial score (nSPS) is 16.6. The number of nitrogens with one attached hydrogen (secondary N) is 2. The molecule has 10 nitrogen and oxygen atoms in total. The number of rotatable bonds is 11. The summed E-state index contributed by atoms with van der Waals surface area (Å²) in [6, 6.07) is 14.2. The number of hydrogen-bond donors (Lipinski definition) is 3. The summed E-state index contributed by atoms with van der Waals surface area (Å²) in [4.78, 5) is 14.1. The van der Waals surface area contributed by atoms with Gasteiger partial charge in [-0.05, 0) is 43.9 Å². The number of halogens is 2. The average molecular weight is 677 g/mol. The van der Waals surface area contributed by atoms with Crippen LogP contribution in [0.3, 0.4) is 0 Å². The van der Waals surface area contributed by atoms with Crippen molar-refractivity contribution in [3.63, 3.8) is 0 Å². The molecule has 246 valence electrons. The van der Waals surface area contributed by atoms with E-state index < -0.39 is 0 Å². The van der Waals surface area contributed by atoms with E-state index in [-0.39, 0.29) is 6.10 Å². The Balaban J connectivity index is 1.31. The maximum atomic E-state index is 9.81. The molecule has 4 heterocycles. The van der Waals surface area contributed by atoms with E-state index in [9.17, 15) is 5.11 Å². The van der Waals surface area contributed by atoms with Gasteiger partial charge in [-0.25, -0.2) is 14.5 Å². The number of hydrogen-bond acceptors (Lipinski definition) is 9. The standard InChI is InChI=1S/C35H39Cl2N7O3/c1-20(2)39-17-21-8-13-28(41-35(21)47-4)27-7-5-6-25(31(27)36)26-14-15-38-33(32(26)37)22-16-29(46-3)34-42-30(43-44(34)19-22)18-40-23-9-11-24(45)12-10-23/h5-8,13-16,19-20,23-24,39-40,45H,9-12,17-18H2,1-4H3/t23-,24+. The van der Waals surface area contributed by atoms with Gasteiger partial charge in [0.15, 0.2) is 17.2 Å². The number of aromatic nitrogens is 5. The molecule has 0 amide bonds. The third kappa shape index (κ3) is 7.22. The summed E-state index contributed by atoms with van der Waals surface area (Å²) < 4.78 is 13.0. The maximum Gasteiger partial charge on any atom is 0.218 e. The largest absolute Gasteiger partial charge is 0.493 e. The SMILES string of the molecule is COc1nc(-c2cccc(-c3ccnc(-c4cc(OC)c5nc(CN[C@H]6CC[C@@H](O)CC6)nn5c4)c3Cl)c2Cl)ccc1CNC(C)C. The van der Waals surface area contributed by atoms with Crippen molar-refractivity contribution in [1.29, 1.82) is 0 Å². The first-order valence-electron chi connectivity index (χ1n) is 15.8. The smallest absolute Gasteiger partial charge is 0.218 e. The predicted molar refractivity (Wildman–Crippen MR) is 185 cm³/mol. The number of fused-ring (bicyclic) bond motifs is 1. The lowest BCUT2D eigenvalue weighted by atomic mass is 9.93. The number of ether oxygens (including phenoxy) is 2. The molecule has 0 radical (unpaired) electrons. The van der Waals surface area contributed by atoms with E-state index in [2.05, 4.69) is 29.5 Å². The first kappa shape index (κ1) is 33.1. The van der Waals surface area contributed by atoms with Crippen molar-refractivity contribution < 1.29 is 14.6 Å². The van der Waals surface area contributed by atoms with E-state index in [4.69, 9.17) is 47.7 Å². The third-order valence-corrected chi connectivity index (χ3v) is 9.26. The van der Waals surface area contributed by atoms with Crippen LogP contribution < -0.4 is 20.1 Å². The van der Waals surface area contributed by atoms with Gasteiger partial charge in [-0.15, -0.1) is 5.10 Å². The van der Waals surface area contributed by atoms with Crippen LogP contribution in [0.15, 0.2) is 54.9 Å². The molecule has 5 aromatic rings. The molecule has 0 bridgehead atoms. The van der Waals surface area contributed by atoms with Gasteiger partial charge in [0.05, 0.1) is 48.3 Å². The Bertz CT molecular complexity index is 1870. The average Bonchev–Trinajstić information content (AvgIpc) is 3.50. The molecule has 0 aliphatic heterocycles. The lowest BCUT2D eigenvalue weighted by Crippen LogP contribution is -2.34. The van der Waals surface area contributed by atoms with Crippen LogP contribution in [0.1, 0.15) is 50.9 Å². The van der Waals surface area contributed by atoms with Crippen LogP contribution in [-0.4, -0.2) is 62.1 Å². The Hall–Kier alpha value is -3.80. The summed E-state index contributed by atoms with van der Waals surface area (Å²) in [7, 11) is 3.22. The fourth-order valence-electron chi connectivity index (χ4n) is 5.91. The molecular formula is C35H39Cl2N7O3. The van der Waals surface area contributed by atoms with Crippen molar-refractivity contribution >= 4 is 28.8 Å². The van der Waals surface area contributed by atoms with Crippen molar-refractivity contribution in [2.24, 2.45) is 0 Å². The van der Waals surface area contributed by atoms with Crippen LogP contribution in [0.2, 0.25) is 10.0 Å². The molecule has 0 saturated heterocycles. The van der Waals surface area contributed by atoms with Crippen LogP contribution in [0.5, 0.6) is 11.6 Å². The van der Waals surface area contributed by atoms with E-state index >= 15 is 0 Å². The number of methoxy groups -OCH3 is 2. The molecule has 6 rings (SSSR count). The fraction of sp³-hybridized carbons (Fsp3) is 0.371. The topological polar surface area (TPSA) is 119 Å². The highest BCUT2D eigenvalue weighted by molar-refractivity contribution is 6.39. The number of aliphatic hydroxyl groups is 1. The van der Waals surface area contributed by atoms with E-state index in [0.29, 0.717) is 69.7 Å². The van der Waals surface area contributed by atoms with Gasteiger partial charge in [-0.3, -0.25) is 4.98 Å². The van der Waals surface area contributed by atoms with Crippen molar-refractivity contribution in [1.82, 2.24) is 35.2 Å². The molecular weight excluding hydrogens is 637 g/mol. The van der Waals surface area contributed by atoms with Crippen molar-refractivity contribution in [2.75, 3.05) is 14.2 Å². The molecule has 0 unspecified atom stereocenters. The molecule has 3 N–H and O–H groups in total. The van der Waals surface area contributed by atoms with Crippen molar-refractivity contribution in [3.05, 3.63) is 76.3 Å². The maximum absolute atomic E-state index is 9.81. The second-order valence-corrected chi connectivity index (χ2v) is 12.8. The Labute approximate surface area is 284 Å². The second kappa shape index (κ2) is 14.5. The molecule has 1 aromatic carbocycles. The van der Waals surface area contributed by atoms with Gasteiger partial charge in [0, 0.05) is 58.8 Å². The minimum Gasteiger partial charge on any atom is -0.493 e. The summed E-state index contributed by atoms with van der Waals surface area (Å²) in [5.74, 6) is 1.75. The molecule has 12 heteroatoms. The van der Waals surface area contributed by atoms with Gasteiger partial charge < -0.3 is 25.2 Å². The molecule has 1 fully saturated rings. The zero-order valence-corrected chi connectivity index (χ0v) is 28.4. The minimum absolute atomic E-state index is 0.196. The van der Waals surface area contributed by atoms with Crippen LogP contribution in [0.4, 0.5) is 0 Å². The van der Waals surface area contributed by atoms with Crippen LogP contribution >= 0.6 is 23.2 Å². The number of pyridine rings is 3. The van der Waals surface area contributed by atoms with Gasteiger partial charge in [0.25, 0.3) is 0 Å². The summed E-state index contributed by atoms with van der Waals surface area (Å²) >= 11 is 14.2. The third-order valence-electron chi connectivity index (χ3n) is 8.47. The molecule has 0 atom stereocenters. The predicted octanol–water partition coefficient (Wildman–Crippen LogP) is 6.74. The highest BCUT2D eigenvalue weighted by Gasteiger charge is 2.22. The molecule has 47 heavy (non-hydrogen) atoms. The quantitative estimate of drug-likeness (QED) is 0.140. The molecule has 1 aliphatic carbocycles. The monoisotopic (exact) mass is 675 g/mol. The van der Waals surface area contributed by atoms with Crippen molar-refractivity contribution in [3.8, 4) is 45.3 Å². The number of aliphatic hydroxyl groups excluding tert-OH is 1. The van der Waals surface area contributed by atoms with Crippen LogP contribution in [0, 0.1) is 0 Å². The van der Waals surface area contributed by atoms with E-state index in [1.165, 1.54) is 0 Å². The zero-order valence-electron chi connectivity index (χ0n) is 26.9. The summed E-state index contributed by atoms with van der Waals surface area (Å²) in [5, 5.41) is 22.4. The Morgan fingerprint density at radius 3 is 2.45 bits per heavy atom. The number of nitrogens with zero attached hydrogens (tertiary/aromatic N) is 5. The molecule has 4 aromatic heterocycles. The first-order valence-corrected chi connectivity index (χ1v) is 16.6. The van der Waals surface area contributed by atoms with Gasteiger partial charge in [0.2, 0.25) is 5.88 Å². The highest BCUT2D eigenvalue weighted by atomic mass is 35.5. The van der Waals surface area contributed by atoms with Gasteiger partial charge >= 0.3 is 0 Å². The van der Waals surface area contributed by atoms with Gasteiger partial charge in [-0.1, -0.05) is 61.3 Å². The van der Waals surface area contributed by atoms with E-state index in [0.717, 1.165) is 53.5 Å². The molecule has 0 spiro atoms. The Morgan fingerprint density at radius 2 is 1.70 bits per heavy atom. The molecule has 1 saturated carbocycles. The highest BCUT2D eigenvalue weighted by Crippen LogP contribution is 2.42. The summed E-state index contributed by atoms with van der Waals surface area (Å²) in [5.41, 5.74) is 5.78. The van der Waals surface area contributed by atoms with Gasteiger partial charge in [-0.2, -0.15) is 0 Å². The number of benzene rings is 1. The Kier molecular flexibility index (Phi) is 10.2.